The number of fused-ring (bicyclic) bond motifs is 3. The number of ether oxygens (including phenoxy) is 1. The van der Waals surface area contributed by atoms with Gasteiger partial charge >= 0.3 is 0 Å². The Hall–Kier alpha value is -2.71. The minimum atomic E-state index is -1.82. The molecule has 2 heterocycles. The van der Waals surface area contributed by atoms with Gasteiger partial charge in [0.2, 0.25) is 0 Å². The van der Waals surface area contributed by atoms with E-state index in [1.807, 2.05) is 13.0 Å². The molecular weight excluding hydrogens is 485 g/mol. The Morgan fingerprint density at radius 3 is 2.54 bits per heavy atom. The van der Waals surface area contributed by atoms with Gasteiger partial charge in [-0.2, -0.15) is 0 Å². The third-order valence-electron chi connectivity index (χ3n) is 7.87. The normalized spacial score (nSPS) is 16.0. The molecule has 200 valence electrons. The third-order valence-corrected chi connectivity index (χ3v) is 12.4. The molecule has 1 amide bonds. The molecule has 1 aromatic heterocycles. The summed E-state index contributed by atoms with van der Waals surface area (Å²) in [5, 5.41) is 0.169. The van der Waals surface area contributed by atoms with Crippen LogP contribution in [0.15, 0.2) is 30.3 Å². The number of aryl methyl sites for hydroxylation is 2. The molecule has 37 heavy (non-hydrogen) atoms. The Morgan fingerprint density at radius 1 is 1.24 bits per heavy atom. The number of carbonyl (C=O) groups excluding carboxylic acids is 1. The summed E-state index contributed by atoms with van der Waals surface area (Å²) in [7, 11) is 1.70. The fourth-order valence-corrected chi connectivity index (χ4v) is 5.74. The van der Waals surface area contributed by atoms with Gasteiger partial charge in [0.05, 0.1) is 5.52 Å². The molecule has 0 saturated heterocycles. The Balaban J connectivity index is 1.70. The van der Waals surface area contributed by atoms with Crippen molar-refractivity contribution in [3.8, 4) is 5.75 Å². The van der Waals surface area contributed by atoms with Crippen molar-refractivity contribution in [2.45, 2.75) is 77.7 Å². The van der Waals surface area contributed by atoms with E-state index in [-0.39, 0.29) is 22.9 Å². The monoisotopic (exact) mass is 525 g/mol. The fraction of sp³-hybridized carbons (Fsp3) is 0.517. The molecule has 8 heteroatoms. The maximum absolute atomic E-state index is 13.6. The molecule has 2 aromatic carbocycles. The molecule has 0 saturated carbocycles. The van der Waals surface area contributed by atoms with Crippen LogP contribution in [-0.2, 0) is 17.4 Å². The van der Waals surface area contributed by atoms with Crippen molar-refractivity contribution in [3.05, 3.63) is 58.7 Å². The highest BCUT2D eigenvalue weighted by Gasteiger charge is 2.37. The van der Waals surface area contributed by atoms with Crippen molar-refractivity contribution < 1.29 is 18.3 Å². The molecule has 1 atom stereocenters. The predicted molar refractivity (Wildman–Crippen MR) is 148 cm³/mol. The zero-order valence-electron chi connectivity index (χ0n) is 23.4. The van der Waals surface area contributed by atoms with Crippen LogP contribution in [0, 0.1) is 12.7 Å². The van der Waals surface area contributed by atoms with E-state index >= 15 is 0 Å². The highest BCUT2D eigenvalue weighted by atomic mass is 28.4. The van der Waals surface area contributed by atoms with E-state index in [0.29, 0.717) is 30.8 Å². The van der Waals surface area contributed by atoms with Gasteiger partial charge in [-0.15, -0.1) is 0 Å². The number of benzene rings is 2. The van der Waals surface area contributed by atoms with E-state index < -0.39 is 8.32 Å². The topological polar surface area (TPSA) is 56.6 Å². The Bertz CT molecular complexity index is 1290. The molecule has 1 aliphatic rings. The van der Waals surface area contributed by atoms with E-state index in [1.165, 1.54) is 12.1 Å². The third kappa shape index (κ3) is 5.45. The first kappa shape index (κ1) is 27.3. The Labute approximate surface area is 220 Å². The summed E-state index contributed by atoms with van der Waals surface area (Å²) in [6.07, 6.45) is 2.05. The highest BCUT2D eigenvalue weighted by molar-refractivity contribution is 6.74. The summed E-state index contributed by atoms with van der Waals surface area (Å²) >= 11 is 0. The second-order valence-electron chi connectivity index (χ2n) is 11.8. The van der Waals surface area contributed by atoms with Gasteiger partial charge in [-0.3, -0.25) is 4.79 Å². The van der Waals surface area contributed by atoms with Gasteiger partial charge < -0.3 is 18.6 Å². The first-order chi connectivity index (χ1) is 17.3. The number of amides is 1. The van der Waals surface area contributed by atoms with E-state index in [9.17, 15) is 9.18 Å². The van der Waals surface area contributed by atoms with E-state index in [0.717, 1.165) is 41.0 Å². The minimum absolute atomic E-state index is 0.0584. The molecule has 3 aromatic rings. The number of hydrogen-bond acceptors (Lipinski definition) is 4. The van der Waals surface area contributed by atoms with Crippen molar-refractivity contribution in [2.75, 3.05) is 20.7 Å². The van der Waals surface area contributed by atoms with Crippen molar-refractivity contribution in [2.24, 2.45) is 0 Å². The molecule has 0 fully saturated rings. The standard InChI is InChI=1S/C29H40FN3O3Si/c1-19-31-24-18-23(28(34)32(5)6)22-14-15-25(20-10-12-21(30)13-11-20)36-27(22)26(24)33(19)16-9-17-35-37(7,8)29(2,3)4/h10-13,18,25H,9,14-17H2,1-8H3. The number of carbonyl (C=O) groups is 1. The second-order valence-corrected chi connectivity index (χ2v) is 16.6. The quantitative estimate of drug-likeness (QED) is 0.256. The summed E-state index contributed by atoms with van der Waals surface area (Å²) in [5.41, 5.74) is 4.16. The van der Waals surface area contributed by atoms with Crippen molar-refractivity contribution in [3.63, 3.8) is 0 Å². The predicted octanol–water partition coefficient (Wildman–Crippen LogP) is 6.66. The zero-order valence-corrected chi connectivity index (χ0v) is 24.4. The number of aromatic nitrogens is 2. The van der Waals surface area contributed by atoms with Crippen LogP contribution < -0.4 is 4.74 Å². The molecule has 0 bridgehead atoms. The van der Waals surface area contributed by atoms with Crippen LogP contribution in [0.5, 0.6) is 5.75 Å². The average molecular weight is 526 g/mol. The Morgan fingerprint density at radius 2 is 1.92 bits per heavy atom. The Kier molecular flexibility index (Phi) is 7.54. The molecule has 0 N–H and O–H groups in total. The highest BCUT2D eigenvalue weighted by Crippen LogP contribution is 2.43. The lowest BCUT2D eigenvalue weighted by Gasteiger charge is -2.36. The van der Waals surface area contributed by atoms with Gasteiger partial charge in [0.15, 0.2) is 8.32 Å². The molecule has 0 radical (unpaired) electrons. The SMILES string of the molecule is Cc1nc2cc(C(=O)N(C)C)c3c(c2n1CCCO[Si](C)(C)C(C)(C)C)OC(c1ccc(F)cc1)CC3. The van der Waals surface area contributed by atoms with E-state index in [2.05, 4.69) is 38.4 Å². The summed E-state index contributed by atoms with van der Waals surface area (Å²) in [6, 6.07) is 8.39. The van der Waals surface area contributed by atoms with Gasteiger partial charge in [-0.25, -0.2) is 9.37 Å². The number of hydrogen-bond donors (Lipinski definition) is 0. The van der Waals surface area contributed by atoms with Crippen molar-refractivity contribution >= 4 is 25.3 Å². The molecule has 4 rings (SSSR count). The van der Waals surface area contributed by atoms with E-state index in [1.54, 1.807) is 31.1 Å². The maximum atomic E-state index is 13.6. The van der Waals surface area contributed by atoms with Gasteiger partial charge in [0, 0.05) is 38.4 Å². The van der Waals surface area contributed by atoms with Gasteiger partial charge in [-0.1, -0.05) is 32.9 Å². The van der Waals surface area contributed by atoms with Crippen LogP contribution in [0.1, 0.15) is 67.0 Å². The zero-order chi connectivity index (χ0) is 27.1. The lowest BCUT2D eigenvalue weighted by atomic mass is 9.92. The van der Waals surface area contributed by atoms with Gasteiger partial charge in [0.1, 0.15) is 29.0 Å². The molecule has 0 spiro atoms. The first-order valence-electron chi connectivity index (χ1n) is 13.1. The fourth-order valence-electron chi connectivity index (χ4n) is 4.65. The minimum Gasteiger partial charge on any atom is -0.483 e. The van der Waals surface area contributed by atoms with Crippen LogP contribution in [0.25, 0.3) is 11.0 Å². The van der Waals surface area contributed by atoms with Crippen LogP contribution in [0.3, 0.4) is 0 Å². The molecule has 1 aliphatic heterocycles. The van der Waals surface area contributed by atoms with Crippen molar-refractivity contribution in [1.82, 2.24) is 14.5 Å². The number of rotatable bonds is 7. The van der Waals surface area contributed by atoms with Crippen LogP contribution >= 0.6 is 0 Å². The molecular formula is C29H40FN3O3Si. The second kappa shape index (κ2) is 10.2. The lowest BCUT2D eigenvalue weighted by Crippen LogP contribution is -2.41. The average Bonchev–Trinajstić information content (AvgIpc) is 3.15. The van der Waals surface area contributed by atoms with Crippen LogP contribution in [-0.4, -0.2) is 49.4 Å². The van der Waals surface area contributed by atoms with Crippen LogP contribution in [0.2, 0.25) is 18.1 Å². The van der Waals surface area contributed by atoms with Gasteiger partial charge in [0.25, 0.3) is 5.91 Å². The van der Waals surface area contributed by atoms with E-state index in [4.69, 9.17) is 14.1 Å². The molecule has 6 nitrogen and oxygen atoms in total. The number of halogens is 1. The summed E-state index contributed by atoms with van der Waals surface area (Å²) < 4.78 is 28.8. The maximum Gasteiger partial charge on any atom is 0.253 e. The van der Waals surface area contributed by atoms with Crippen molar-refractivity contribution in [1.29, 1.82) is 0 Å². The smallest absolute Gasteiger partial charge is 0.253 e. The van der Waals surface area contributed by atoms with Gasteiger partial charge in [-0.05, 0) is 68.1 Å². The summed E-state index contributed by atoms with van der Waals surface area (Å²) in [6.45, 7) is 14.7. The largest absolute Gasteiger partial charge is 0.483 e. The number of nitrogens with zero attached hydrogens (tertiary/aromatic N) is 3. The first-order valence-corrected chi connectivity index (χ1v) is 16.0. The summed E-state index contributed by atoms with van der Waals surface area (Å²) in [5.74, 6) is 1.27. The number of imidazole rings is 1. The molecule has 1 unspecified atom stereocenters. The molecule has 0 aliphatic carbocycles. The lowest BCUT2D eigenvalue weighted by molar-refractivity contribution is 0.0823. The van der Waals surface area contributed by atoms with Crippen LogP contribution in [0.4, 0.5) is 4.39 Å². The summed E-state index contributed by atoms with van der Waals surface area (Å²) in [4.78, 5) is 19.5.